The largest absolute Gasteiger partial charge is 0.457 e. The van der Waals surface area contributed by atoms with Gasteiger partial charge in [0.15, 0.2) is 11.5 Å². The number of nitrogens with one attached hydrogen (secondary N) is 1. The average Bonchev–Trinajstić information content (AvgIpc) is 2.76. The normalized spacial score (nSPS) is 14.4. The number of likely N-dealkylation sites (N-methyl/N-ethyl adjacent to an activating group) is 1. The fraction of sp³-hybridized carbons (Fsp3) is 0.227. The Labute approximate surface area is 169 Å². The summed E-state index contributed by atoms with van der Waals surface area (Å²) in [6.45, 7) is 3.19. The molecule has 0 saturated carbocycles. The maximum absolute atomic E-state index is 12.5. The highest BCUT2D eigenvalue weighted by Gasteiger charge is 2.21. The summed E-state index contributed by atoms with van der Waals surface area (Å²) in [4.78, 5) is 16.6. The third-order valence-electron chi connectivity index (χ3n) is 4.78. The molecule has 29 heavy (non-hydrogen) atoms. The van der Waals surface area contributed by atoms with E-state index in [0.29, 0.717) is 24.6 Å². The van der Waals surface area contributed by atoms with E-state index in [4.69, 9.17) is 4.74 Å². The lowest BCUT2D eigenvalue weighted by Gasteiger charge is -2.32. The van der Waals surface area contributed by atoms with Crippen LogP contribution in [0.2, 0.25) is 0 Å². The number of hydrogen-bond acceptors (Lipinski definition) is 6. The Balaban J connectivity index is 1.35. The number of rotatable bonds is 5. The summed E-state index contributed by atoms with van der Waals surface area (Å²) in [6.07, 6.45) is 0. The smallest absolute Gasteiger partial charge is 0.274 e. The molecular formula is C22H23N5O2. The maximum atomic E-state index is 12.5. The molecule has 0 bridgehead atoms. The van der Waals surface area contributed by atoms with Crippen LogP contribution in [0.3, 0.4) is 0 Å². The van der Waals surface area contributed by atoms with Crippen molar-refractivity contribution < 1.29 is 9.53 Å². The number of nitrogens with zero attached hydrogens (tertiary/aromatic N) is 4. The van der Waals surface area contributed by atoms with E-state index in [9.17, 15) is 4.79 Å². The number of anilines is 2. The van der Waals surface area contributed by atoms with Gasteiger partial charge in [-0.05, 0) is 55.6 Å². The van der Waals surface area contributed by atoms with Gasteiger partial charge in [0, 0.05) is 31.9 Å². The number of carbonyl (C=O) groups is 1. The van der Waals surface area contributed by atoms with Crippen LogP contribution in [0, 0.1) is 0 Å². The molecule has 0 unspecified atom stereocenters. The zero-order valence-electron chi connectivity index (χ0n) is 16.3. The molecule has 1 aliphatic rings. The standard InChI is InChI=1S/C22H23N5O2/c1-26-13-15-27(16-14-26)22(28)20-11-12-21(25-24-20)23-17-7-9-19(10-8-17)29-18-5-3-2-4-6-18/h2-12H,13-16H2,1H3,(H,23,25). The summed E-state index contributed by atoms with van der Waals surface area (Å²) in [5, 5.41) is 11.4. The van der Waals surface area contributed by atoms with E-state index in [1.54, 1.807) is 12.1 Å². The van der Waals surface area contributed by atoms with Gasteiger partial charge in [-0.25, -0.2) is 0 Å². The van der Waals surface area contributed by atoms with Crippen LogP contribution in [0.5, 0.6) is 11.5 Å². The molecule has 4 rings (SSSR count). The van der Waals surface area contributed by atoms with E-state index in [0.717, 1.165) is 30.3 Å². The zero-order chi connectivity index (χ0) is 20.1. The maximum Gasteiger partial charge on any atom is 0.274 e. The van der Waals surface area contributed by atoms with E-state index >= 15 is 0 Å². The Hall–Kier alpha value is -3.45. The van der Waals surface area contributed by atoms with Gasteiger partial charge in [-0.1, -0.05) is 18.2 Å². The van der Waals surface area contributed by atoms with Gasteiger partial charge in [-0.2, -0.15) is 0 Å². The Bertz CT molecular complexity index is 937. The minimum Gasteiger partial charge on any atom is -0.457 e. The minimum atomic E-state index is -0.0698. The molecular weight excluding hydrogens is 366 g/mol. The summed E-state index contributed by atoms with van der Waals surface area (Å²) in [5.74, 6) is 2.05. The van der Waals surface area contributed by atoms with Gasteiger partial charge in [0.1, 0.15) is 11.5 Å². The fourth-order valence-corrected chi connectivity index (χ4v) is 3.06. The highest BCUT2D eigenvalue weighted by molar-refractivity contribution is 5.92. The summed E-state index contributed by atoms with van der Waals surface area (Å²) >= 11 is 0. The lowest BCUT2D eigenvalue weighted by Crippen LogP contribution is -2.47. The van der Waals surface area contributed by atoms with Gasteiger partial charge in [0.25, 0.3) is 5.91 Å². The lowest BCUT2D eigenvalue weighted by molar-refractivity contribution is 0.0657. The van der Waals surface area contributed by atoms with Crippen molar-refractivity contribution >= 4 is 17.4 Å². The Morgan fingerprint density at radius 1 is 0.862 bits per heavy atom. The summed E-state index contributed by atoms with van der Waals surface area (Å²) in [5.41, 5.74) is 1.23. The fourth-order valence-electron chi connectivity index (χ4n) is 3.06. The molecule has 1 aliphatic heterocycles. The highest BCUT2D eigenvalue weighted by atomic mass is 16.5. The second kappa shape index (κ2) is 8.70. The van der Waals surface area contributed by atoms with Gasteiger partial charge in [0.2, 0.25) is 0 Å². The van der Waals surface area contributed by atoms with E-state index in [2.05, 4.69) is 27.5 Å². The zero-order valence-corrected chi connectivity index (χ0v) is 16.3. The summed E-state index contributed by atoms with van der Waals surface area (Å²) < 4.78 is 5.79. The molecule has 3 aromatic rings. The number of benzene rings is 2. The van der Waals surface area contributed by atoms with Crippen LogP contribution < -0.4 is 10.1 Å². The van der Waals surface area contributed by atoms with Crippen LogP contribution in [0.4, 0.5) is 11.5 Å². The van der Waals surface area contributed by atoms with Gasteiger partial charge in [-0.15, -0.1) is 10.2 Å². The van der Waals surface area contributed by atoms with E-state index < -0.39 is 0 Å². The van der Waals surface area contributed by atoms with E-state index in [1.165, 1.54) is 0 Å². The lowest BCUT2D eigenvalue weighted by atomic mass is 10.2. The van der Waals surface area contributed by atoms with Gasteiger partial charge < -0.3 is 19.9 Å². The monoisotopic (exact) mass is 389 g/mol. The molecule has 148 valence electrons. The summed E-state index contributed by atoms with van der Waals surface area (Å²) in [7, 11) is 2.06. The number of para-hydroxylation sites is 1. The molecule has 0 spiro atoms. The van der Waals surface area contributed by atoms with Crippen LogP contribution in [0.25, 0.3) is 0 Å². The number of aromatic nitrogens is 2. The molecule has 1 aromatic heterocycles. The number of amides is 1. The number of hydrogen-bond donors (Lipinski definition) is 1. The predicted octanol–water partition coefficient (Wildman–Crippen LogP) is 3.40. The molecule has 0 atom stereocenters. The van der Waals surface area contributed by atoms with Crippen molar-refractivity contribution in [2.24, 2.45) is 0 Å². The summed E-state index contributed by atoms with van der Waals surface area (Å²) in [6, 6.07) is 20.7. The third-order valence-corrected chi connectivity index (χ3v) is 4.78. The Kier molecular flexibility index (Phi) is 5.67. The molecule has 2 aromatic carbocycles. The number of piperazine rings is 1. The van der Waals surface area contributed by atoms with Crippen LogP contribution in [0.1, 0.15) is 10.5 Å². The number of carbonyl (C=O) groups excluding carboxylic acids is 1. The molecule has 1 N–H and O–H groups in total. The Morgan fingerprint density at radius 2 is 1.55 bits per heavy atom. The van der Waals surface area contributed by atoms with Crippen LogP contribution in [-0.4, -0.2) is 59.1 Å². The minimum absolute atomic E-state index is 0.0698. The van der Waals surface area contributed by atoms with Gasteiger partial charge >= 0.3 is 0 Å². The molecule has 1 amide bonds. The molecule has 1 fully saturated rings. The first kappa shape index (κ1) is 18.9. The Morgan fingerprint density at radius 3 is 2.21 bits per heavy atom. The van der Waals surface area contributed by atoms with Crippen molar-refractivity contribution in [1.29, 1.82) is 0 Å². The van der Waals surface area contributed by atoms with Crippen molar-refractivity contribution in [3.63, 3.8) is 0 Å². The van der Waals surface area contributed by atoms with Crippen molar-refractivity contribution in [1.82, 2.24) is 20.0 Å². The molecule has 0 aliphatic carbocycles. The van der Waals surface area contributed by atoms with Crippen molar-refractivity contribution in [3.8, 4) is 11.5 Å². The second-order valence-corrected chi connectivity index (χ2v) is 6.96. The van der Waals surface area contributed by atoms with Crippen molar-refractivity contribution in [3.05, 3.63) is 72.4 Å². The van der Waals surface area contributed by atoms with Gasteiger partial charge in [0.05, 0.1) is 0 Å². The quantitative estimate of drug-likeness (QED) is 0.721. The second-order valence-electron chi connectivity index (χ2n) is 6.96. The molecule has 1 saturated heterocycles. The number of ether oxygens (including phenoxy) is 1. The predicted molar refractivity (Wildman–Crippen MR) is 112 cm³/mol. The first-order valence-corrected chi connectivity index (χ1v) is 9.59. The van der Waals surface area contributed by atoms with Crippen LogP contribution >= 0.6 is 0 Å². The third kappa shape index (κ3) is 4.89. The van der Waals surface area contributed by atoms with Crippen molar-refractivity contribution in [2.75, 3.05) is 38.5 Å². The van der Waals surface area contributed by atoms with E-state index in [-0.39, 0.29) is 5.91 Å². The van der Waals surface area contributed by atoms with Crippen molar-refractivity contribution in [2.45, 2.75) is 0 Å². The molecule has 0 radical (unpaired) electrons. The molecule has 2 heterocycles. The molecule has 7 nitrogen and oxygen atoms in total. The SMILES string of the molecule is CN1CCN(C(=O)c2ccc(Nc3ccc(Oc4ccccc4)cc3)nn2)CC1. The topological polar surface area (TPSA) is 70.6 Å². The van der Waals surface area contributed by atoms with Crippen LogP contribution in [-0.2, 0) is 0 Å². The first-order chi connectivity index (χ1) is 14.2. The van der Waals surface area contributed by atoms with Gasteiger partial charge in [-0.3, -0.25) is 4.79 Å². The first-order valence-electron chi connectivity index (χ1n) is 9.59. The average molecular weight is 389 g/mol. The van der Waals surface area contributed by atoms with E-state index in [1.807, 2.05) is 59.5 Å². The highest BCUT2D eigenvalue weighted by Crippen LogP contribution is 2.23. The van der Waals surface area contributed by atoms with Crippen LogP contribution in [0.15, 0.2) is 66.7 Å². The molecule has 7 heteroatoms.